The van der Waals surface area contributed by atoms with E-state index in [2.05, 4.69) is 20.5 Å². The van der Waals surface area contributed by atoms with Crippen LogP contribution in [0.1, 0.15) is 13.3 Å². The standard InChI is InChI=1S/C19H31F2N5O.HI/c1-4-22-19(23-9-11-25(2)12-13-27-3)24-15-8-10-26(14-15)18-16(20)6-5-7-17(18)21;/h5-7,15H,4,8-14H2,1-3H3,(H2,22,23,24);1H. The lowest BCUT2D eigenvalue weighted by Crippen LogP contribution is -2.45. The van der Waals surface area contributed by atoms with Gasteiger partial charge in [0.25, 0.3) is 0 Å². The Morgan fingerprint density at radius 2 is 2.04 bits per heavy atom. The molecule has 0 radical (unpaired) electrons. The first kappa shape index (κ1) is 24.8. The molecule has 2 N–H and O–H groups in total. The molecule has 1 aliphatic rings. The number of methoxy groups -OCH3 is 1. The van der Waals surface area contributed by atoms with Crippen molar-refractivity contribution >= 4 is 35.6 Å². The molecule has 0 spiro atoms. The Hall–Kier alpha value is -1.20. The van der Waals surface area contributed by atoms with E-state index in [0.29, 0.717) is 26.2 Å². The first-order valence-electron chi connectivity index (χ1n) is 9.46. The van der Waals surface area contributed by atoms with Crippen LogP contribution in [0, 0.1) is 11.6 Å². The van der Waals surface area contributed by atoms with Gasteiger partial charge >= 0.3 is 0 Å². The number of nitrogens with one attached hydrogen (secondary N) is 2. The zero-order chi connectivity index (χ0) is 19.6. The molecule has 0 bridgehead atoms. The second kappa shape index (κ2) is 13.1. The molecule has 1 saturated heterocycles. The molecule has 1 aromatic rings. The maximum Gasteiger partial charge on any atom is 0.191 e. The number of para-hydroxylation sites is 1. The van der Waals surface area contributed by atoms with Crippen molar-refractivity contribution in [2.45, 2.75) is 19.4 Å². The van der Waals surface area contributed by atoms with Crippen LogP contribution in [0.3, 0.4) is 0 Å². The molecular weight excluding hydrogens is 479 g/mol. The van der Waals surface area contributed by atoms with Gasteiger partial charge in [0.15, 0.2) is 5.96 Å². The van der Waals surface area contributed by atoms with Gasteiger partial charge in [-0.1, -0.05) is 6.07 Å². The van der Waals surface area contributed by atoms with E-state index in [0.717, 1.165) is 32.0 Å². The monoisotopic (exact) mass is 511 g/mol. The van der Waals surface area contributed by atoms with Crippen molar-refractivity contribution in [1.29, 1.82) is 0 Å². The number of likely N-dealkylation sites (N-methyl/N-ethyl adjacent to an activating group) is 1. The Morgan fingerprint density at radius 1 is 1.32 bits per heavy atom. The summed E-state index contributed by atoms with van der Waals surface area (Å²) < 4.78 is 33.1. The Labute approximate surface area is 183 Å². The summed E-state index contributed by atoms with van der Waals surface area (Å²) >= 11 is 0. The molecule has 1 atom stereocenters. The molecule has 0 aliphatic carbocycles. The van der Waals surface area contributed by atoms with E-state index in [4.69, 9.17) is 4.74 Å². The fourth-order valence-electron chi connectivity index (χ4n) is 3.08. The van der Waals surface area contributed by atoms with Crippen LogP contribution in [0.25, 0.3) is 0 Å². The number of aliphatic imine (C=N–C) groups is 1. The van der Waals surface area contributed by atoms with Crippen LogP contribution in [0.2, 0.25) is 0 Å². The van der Waals surface area contributed by atoms with Gasteiger partial charge in [0.2, 0.25) is 0 Å². The average Bonchev–Trinajstić information content (AvgIpc) is 3.08. The number of hydrogen-bond acceptors (Lipinski definition) is 4. The van der Waals surface area contributed by atoms with Crippen LogP contribution in [0.5, 0.6) is 0 Å². The van der Waals surface area contributed by atoms with Gasteiger partial charge < -0.3 is 25.2 Å². The minimum atomic E-state index is -0.518. The Kier molecular flexibility index (Phi) is 11.6. The molecule has 0 aromatic heterocycles. The van der Waals surface area contributed by atoms with Gasteiger partial charge in [-0.15, -0.1) is 24.0 Å². The zero-order valence-corrected chi connectivity index (χ0v) is 19.2. The van der Waals surface area contributed by atoms with E-state index in [-0.39, 0.29) is 35.7 Å². The zero-order valence-electron chi connectivity index (χ0n) is 16.9. The number of nitrogens with zero attached hydrogens (tertiary/aromatic N) is 3. The Bertz CT molecular complexity index is 600. The molecule has 1 heterocycles. The van der Waals surface area contributed by atoms with Crippen LogP contribution in [0.4, 0.5) is 14.5 Å². The van der Waals surface area contributed by atoms with Crippen LogP contribution < -0.4 is 15.5 Å². The fourth-order valence-corrected chi connectivity index (χ4v) is 3.08. The predicted molar refractivity (Wildman–Crippen MR) is 121 cm³/mol. The van der Waals surface area contributed by atoms with Gasteiger partial charge in [-0.3, -0.25) is 4.99 Å². The van der Waals surface area contributed by atoms with Crippen molar-refractivity contribution in [2.75, 3.05) is 64.9 Å². The molecule has 1 unspecified atom stereocenters. The fraction of sp³-hybridized carbons (Fsp3) is 0.632. The molecule has 0 amide bonds. The highest BCUT2D eigenvalue weighted by Crippen LogP contribution is 2.26. The lowest BCUT2D eigenvalue weighted by molar-refractivity contribution is 0.163. The van der Waals surface area contributed by atoms with Crippen molar-refractivity contribution in [3.8, 4) is 0 Å². The van der Waals surface area contributed by atoms with Crippen LogP contribution in [-0.2, 0) is 4.74 Å². The van der Waals surface area contributed by atoms with Crippen molar-refractivity contribution < 1.29 is 13.5 Å². The van der Waals surface area contributed by atoms with Gasteiger partial charge in [-0.25, -0.2) is 8.78 Å². The number of rotatable bonds is 9. The van der Waals surface area contributed by atoms with E-state index < -0.39 is 11.6 Å². The van der Waals surface area contributed by atoms with E-state index in [1.807, 2.05) is 14.0 Å². The molecule has 0 saturated carbocycles. The minimum absolute atomic E-state index is 0. The van der Waals surface area contributed by atoms with Crippen molar-refractivity contribution in [3.05, 3.63) is 29.8 Å². The summed E-state index contributed by atoms with van der Waals surface area (Å²) in [6, 6.07) is 4.07. The van der Waals surface area contributed by atoms with E-state index in [1.54, 1.807) is 12.0 Å². The summed E-state index contributed by atoms with van der Waals surface area (Å²) in [6.45, 7) is 6.96. The average molecular weight is 511 g/mol. The minimum Gasteiger partial charge on any atom is -0.383 e. The highest BCUT2D eigenvalue weighted by molar-refractivity contribution is 14.0. The Morgan fingerprint density at radius 3 is 2.68 bits per heavy atom. The van der Waals surface area contributed by atoms with Crippen LogP contribution >= 0.6 is 24.0 Å². The van der Waals surface area contributed by atoms with Gasteiger partial charge in [0.1, 0.15) is 17.3 Å². The molecule has 1 aliphatic heterocycles. The van der Waals surface area contributed by atoms with Gasteiger partial charge in [-0.2, -0.15) is 0 Å². The van der Waals surface area contributed by atoms with Gasteiger partial charge in [-0.05, 0) is 32.5 Å². The molecule has 9 heteroatoms. The number of halogens is 3. The smallest absolute Gasteiger partial charge is 0.191 e. The third-order valence-electron chi connectivity index (χ3n) is 4.56. The van der Waals surface area contributed by atoms with Crippen LogP contribution in [-0.4, -0.2) is 76.9 Å². The topological polar surface area (TPSA) is 52.1 Å². The molecule has 6 nitrogen and oxygen atoms in total. The SMILES string of the molecule is CCNC(=NCCN(C)CCOC)NC1CCN(c2c(F)cccc2F)C1.I. The maximum absolute atomic E-state index is 14.0. The predicted octanol–water partition coefficient (Wildman–Crippen LogP) is 2.29. The summed E-state index contributed by atoms with van der Waals surface area (Å²) in [5.41, 5.74) is 0.0588. The highest BCUT2D eigenvalue weighted by Gasteiger charge is 2.27. The highest BCUT2D eigenvalue weighted by atomic mass is 127. The largest absolute Gasteiger partial charge is 0.383 e. The van der Waals surface area contributed by atoms with Crippen LogP contribution in [0.15, 0.2) is 23.2 Å². The summed E-state index contributed by atoms with van der Waals surface area (Å²) in [5, 5.41) is 6.61. The molecule has 2 rings (SSSR count). The Balaban J connectivity index is 0.00000392. The molecule has 160 valence electrons. The number of anilines is 1. The van der Waals surface area contributed by atoms with Crippen molar-refractivity contribution in [2.24, 2.45) is 4.99 Å². The lowest BCUT2D eigenvalue weighted by Gasteiger charge is -2.21. The van der Waals surface area contributed by atoms with Crippen molar-refractivity contribution in [3.63, 3.8) is 0 Å². The molecule has 1 fully saturated rings. The number of ether oxygens (including phenoxy) is 1. The molecule has 28 heavy (non-hydrogen) atoms. The third kappa shape index (κ3) is 7.67. The second-order valence-electron chi connectivity index (χ2n) is 6.70. The summed E-state index contributed by atoms with van der Waals surface area (Å²) in [7, 11) is 3.73. The molecular formula is C19H32F2IN5O. The van der Waals surface area contributed by atoms with Crippen molar-refractivity contribution in [1.82, 2.24) is 15.5 Å². The maximum atomic E-state index is 14.0. The number of hydrogen-bond donors (Lipinski definition) is 2. The quantitative estimate of drug-likeness (QED) is 0.303. The summed E-state index contributed by atoms with van der Waals surface area (Å²) in [5.74, 6) is -0.302. The number of guanidine groups is 1. The molecule has 1 aromatic carbocycles. The van der Waals surface area contributed by atoms with E-state index in [9.17, 15) is 8.78 Å². The lowest BCUT2D eigenvalue weighted by atomic mass is 10.2. The van der Waals surface area contributed by atoms with Gasteiger partial charge in [0, 0.05) is 45.9 Å². The first-order chi connectivity index (χ1) is 13.0. The van der Waals surface area contributed by atoms with E-state index in [1.165, 1.54) is 18.2 Å². The number of benzene rings is 1. The second-order valence-corrected chi connectivity index (χ2v) is 6.70. The summed E-state index contributed by atoms with van der Waals surface area (Å²) in [6.07, 6.45) is 0.798. The summed E-state index contributed by atoms with van der Waals surface area (Å²) in [4.78, 5) is 8.52. The van der Waals surface area contributed by atoms with Gasteiger partial charge in [0.05, 0.1) is 13.2 Å². The first-order valence-corrected chi connectivity index (χ1v) is 9.46. The third-order valence-corrected chi connectivity index (χ3v) is 4.56. The van der Waals surface area contributed by atoms with E-state index >= 15 is 0 Å². The normalized spacial score (nSPS) is 17.0.